The first-order valence-corrected chi connectivity index (χ1v) is 5.88. The molecule has 0 fully saturated rings. The zero-order valence-electron chi connectivity index (χ0n) is 8.95. The average Bonchev–Trinajstić information content (AvgIpc) is 2.73. The quantitative estimate of drug-likeness (QED) is 0.854. The van der Waals surface area contributed by atoms with Gasteiger partial charge in [-0.1, -0.05) is 6.07 Å². The van der Waals surface area contributed by atoms with E-state index in [1.165, 1.54) is 11.1 Å². The molecular formula is C12H14N2S. The number of thiazole rings is 1. The molecule has 0 saturated carbocycles. The van der Waals surface area contributed by atoms with E-state index < -0.39 is 0 Å². The van der Waals surface area contributed by atoms with Gasteiger partial charge in [-0.15, -0.1) is 11.3 Å². The third-order valence-corrected chi connectivity index (χ3v) is 3.10. The lowest BCUT2D eigenvalue weighted by atomic mass is 10.1. The Hall–Kier alpha value is -1.35. The highest BCUT2D eigenvalue weighted by molar-refractivity contribution is 7.07. The molecule has 0 spiro atoms. The molecule has 3 heteroatoms. The van der Waals surface area contributed by atoms with Crippen molar-refractivity contribution in [3.8, 4) is 0 Å². The Morgan fingerprint density at radius 1 is 1.27 bits per heavy atom. The second-order valence-corrected chi connectivity index (χ2v) is 4.35. The summed E-state index contributed by atoms with van der Waals surface area (Å²) < 4.78 is 0. The van der Waals surface area contributed by atoms with Crippen LogP contribution in [-0.4, -0.2) is 4.98 Å². The van der Waals surface area contributed by atoms with Crippen LogP contribution in [0.25, 0.3) is 0 Å². The first-order valence-electron chi connectivity index (χ1n) is 4.94. The fourth-order valence-electron chi connectivity index (χ4n) is 1.37. The summed E-state index contributed by atoms with van der Waals surface area (Å²) in [5, 5.41) is 5.42. The Balaban J connectivity index is 2.02. The van der Waals surface area contributed by atoms with Gasteiger partial charge in [0.15, 0.2) is 0 Å². The molecule has 2 rings (SSSR count). The van der Waals surface area contributed by atoms with Crippen molar-refractivity contribution in [3.63, 3.8) is 0 Å². The highest BCUT2D eigenvalue weighted by Crippen LogP contribution is 2.15. The maximum absolute atomic E-state index is 4.23. The Labute approximate surface area is 94.0 Å². The van der Waals surface area contributed by atoms with Crippen LogP contribution >= 0.6 is 11.3 Å². The lowest BCUT2D eigenvalue weighted by Gasteiger charge is -2.07. The molecule has 0 saturated heterocycles. The van der Waals surface area contributed by atoms with E-state index in [0.717, 1.165) is 17.9 Å². The molecule has 78 valence electrons. The average molecular weight is 218 g/mol. The summed E-state index contributed by atoms with van der Waals surface area (Å²) >= 11 is 1.63. The van der Waals surface area contributed by atoms with Crippen molar-refractivity contribution < 1.29 is 0 Å². The van der Waals surface area contributed by atoms with Crippen molar-refractivity contribution in [1.29, 1.82) is 0 Å². The predicted molar refractivity (Wildman–Crippen MR) is 65.4 cm³/mol. The number of rotatable bonds is 3. The molecule has 2 nitrogen and oxygen atoms in total. The standard InChI is InChI=1S/C12H14N2S/c1-9-3-4-11(5-10(9)2)13-6-12-7-15-8-14-12/h3-5,7-8,13H,6H2,1-2H3. The molecule has 0 aliphatic carbocycles. The maximum Gasteiger partial charge on any atom is 0.0795 e. The Bertz CT molecular complexity index is 435. The third kappa shape index (κ3) is 2.57. The van der Waals surface area contributed by atoms with Crippen molar-refractivity contribution in [1.82, 2.24) is 4.98 Å². The zero-order valence-corrected chi connectivity index (χ0v) is 9.77. The molecule has 2 aromatic rings. The number of aryl methyl sites for hydroxylation is 2. The second-order valence-electron chi connectivity index (χ2n) is 3.63. The molecule has 0 aliphatic heterocycles. The van der Waals surface area contributed by atoms with Crippen LogP contribution in [0.1, 0.15) is 16.8 Å². The van der Waals surface area contributed by atoms with E-state index in [2.05, 4.69) is 47.7 Å². The molecule has 0 aliphatic rings. The van der Waals surface area contributed by atoms with E-state index >= 15 is 0 Å². The molecule has 1 N–H and O–H groups in total. The minimum Gasteiger partial charge on any atom is -0.379 e. The molecular weight excluding hydrogens is 204 g/mol. The Kier molecular flexibility index (Phi) is 3.02. The normalized spacial score (nSPS) is 10.3. The molecule has 0 atom stereocenters. The first-order chi connectivity index (χ1) is 7.25. The fraction of sp³-hybridized carbons (Fsp3) is 0.250. The Morgan fingerprint density at radius 2 is 2.13 bits per heavy atom. The van der Waals surface area contributed by atoms with E-state index in [1.54, 1.807) is 11.3 Å². The summed E-state index contributed by atoms with van der Waals surface area (Å²) in [4.78, 5) is 4.23. The molecule has 1 aromatic heterocycles. The van der Waals surface area contributed by atoms with Gasteiger partial charge >= 0.3 is 0 Å². The summed E-state index contributed by atoms with van der Waals surface area (Å²) in [6, 6.07) is 6.41. The number of benzene rings is 1. The van der Waals surface area contributed by atoms with Gasteiger partial charge in [-0.25, -0.2) is 4.98 Å². The van der Waals surface area contributed by atoms with Crippen molar-refractivity contribution in [3.05, 3.63) is 45.9 Å². The van der Waals surface area contributed by atoms with Crippen LogP contribution in [0.2, 0.25) is 0 Å². The number of nitrogens with zero attached hydrogens (tertiary/aromatic N) is 1. The van der Waals surface area contributed by atoms with Gasteiger partial charge in [-0.3, -0.25) is 0 Å². The number of hydrogen-bond acceptors (Lipinski definition) is 3. The van der Waals surface area contributed by atoms with Gasteiger partial charge in [-0.2, -0.15) is 0 Å². The van der Waals surface area contributed by atoms with Crippen LogP contribution in [0.3, 0.4) is 0 Å². The van der Waals surface area contributed by atoms with E-state index in [-0.39, 0.29) is 0 Å². The second kappa shape index (κ2) is 4.45. The molecule has 15 heavy (non-hydrogen) atoms. The van der Waals surface area contributed by atoms with Crippen LogP contribution in [0.5, 0.6) is 0 Å². The number of hydrogen-bond donors (Lipinski definition) is 1. The predicted octanol–water partition coefficient (Wildman–Crippen LogP) is 3.37. The van der Waals surface area contributed by atoms with Gasteiger partial charge in [0.05, 0.1) is 17.7 Å². The molecule has 0 bridgehead atoms. The van der Waals surface area contributed by atoms with E-state index in [0.29, 0.717) is 0 Å². The van der Waals surface area contributed by atoms with Crippen molar-refractivity contribution in [2.45, 2.75) is 20.4 Å². The Morgan fingerprint density at radius 3 is 2.80 bits per heavy atom. The highest BCUT2D eigenvalue weighted by atomic mass is 32.1. The molecule has 0 radical (unpaired) electrons. The van der Waals surface area contributed by atoms with Crippen LogP contribution in [-0.2, 0) is 6.54 Å². The zero-order chi connectivity index (χ0) is 10.7. The van der Waals surface area contributed by atoms with E-state index in [9.17, 15) is 0 Å². The minimum atomic E-state index is 0.798. The summed E-state index contributed by atoms with van der Waals surface area (Å²) in [5.41, 5.74) is 6.76. The minimum absolute atomic E-state index is 0.798. The maximum atomic E-state index is 4.23. The SMILES string of the molecule is Cc1ccc(NCc2cscn2)cc1C. The van der Waals surface area contributed by atoms with Crippen molar-refractivity contribution >= 4 is 17.0 Å². The summed E-state index contributed by atoms with van der Waals surface area (Å²) in [5.74, 6) is 0. The van der Waals surface area contributed by atoms with Crippen LogP contribution in [0, 0.1) is 13.8 Å². The van der Waals surface area contributed by atoms with E-state index in [4.69, 9.17) is 0 Å². The summed E-state index contributed by atoms with van der Waals surface area (Å²) in [7, 11) is 0. The van der Waals surface area contributed by atoms with Gasteiger partial charge in [0.2, 0.25) is 0 Å². The fourth-order valence-corrected chi connectivity index (χ4v) is 1.93. The van der Waals surface area contributed by atoms with Crippen molar-refractivity contribution in [2.75, 3.05) is 5.32 Å². The van der Waals surface area contributed by atoms with Crippen LogP contribution in [0.15, 0.2) is 29.1 Å². The first kappa shape index (κ1) is 10.2. The highest BCUT2D eigenvalue weighted by Gasteiger charge is 1.97. The van der Waals surface area contributed by atoms with Crippen LogP contribution in [0.4, 0.5) is 5.69 Å². The summed E-state index contributed by atoms with van der Waals surface area (Å²) in [6.07, 6.45) is 0. The van der Waals surface area contributed by atoms with Gasteiger partial charge in [0.25, 0.3) is 0 Å². The summed E-state index contributed by atoms with van der Waals surface area (Å²) in [6.45, 7) is 5.05. The third-order valence-electron chi connectivity index (χ3n) is 2.46. The van der Waals surface area contributed by atoms with E-state index in [1.807, 2.05) is 5.51 Å². The smallest absolute Gasteiger partial charge is 0.0795 e. The molecule has 1 aromatic carbocycles. The lowest BCUT2D eigenvalue weighted by molar-refractivity contribution is 1.07. The molecule has 1 heterocycles. The van der Waals surface area contributed by atoms with Gasteiger partial charge in [0, 0.05) is 11.1 Å². The lowest BCUT2D eigenvalue weighted by Crippen LogP contribution is -1.99. The topological polar surface area (TPSA) is 24.9 Å². The number of anilines is 1. The monoisotopic (exact) mass is 218 g/mol. The van der Waals surface area contributed by atoms with Crippen molar-refractivity contribution in [2.24, 2.45) is 0 Å². The van der Waals surface area contributed by atoms with Gasteiger partial charge in [0.1, 0.15) is 0 Å². The van der Waals surface area contributed by atoms with Gasteiger partial charge in [-0.05, 0) is 37.1 Å². The van der Waals surface area contributed by atoms with Gasteiger partial charge < -0.3 is 5.32 Å². The largest absolute Gasteiger partial charge is 0.379 e. The van der Waals surface area contributed by atoms with Crippen LogP contribution < -0.4 is 5.32 Å². The number of aromatic nitrogens is 1. The number of nitrogens with one attached hydrogen (secondary N) is 1. The molecule has 0 unspecified atom stereocenters. The molecule has 0 amide bonds.